The Bertz CT molecular complexity index is 482. The minimum absolute atomic E-state index is 0.0586. The van der Waals surface area contributed by atoms with Crippen LogP contribution in [0.3, 0.4) is 0 Å². The molecule has 5 heteroatoms. The van der Waals surface area contributed by atoms with Crippen LogP contribution < -0.4 is 10.6 Å². The van der Waals surface area contributed by atoms with Crippen molar-refractivity contribution < 1.29 is 9.59 Å². The number of carbonyl (C=O) groups excluding carboxylic acids is 2. The number of hydrogen-bond acceptors (Lipinski definition) is 2. The molecule has 114 valence electrons. The van der Waals surface area contributed by atoms with Crippen LogP contribution in [-0.4, -0.2) is 18.4 Å². The Labute approximate surface area is 130 Å². The zero-order valence-electron chi connectivity index (χ0n) is 12.0. The van der Waals surface area contributed by atoms with E-state index in [9.17, 15) is 9.59 Å². The minimum atomic E-state index is -0.0586. The van der Waals surface area contributed by atoms with Gasteiger partial charge in [0.15, 0.2) is 0 Å². The van der Waals surface area contributed by atoms with E-state index in [1.165, 1.54) is 0 Å². The summed E-state index contributed by atoms with van der Waals surface area (Å²) in [6.45, 7) is 0.883. The topological polar surface area (TPSA) is 58.2 Å². The average molecular weight is 309 g/mol. The molecule has 1 fully saturated rings. The third-order valence-electron chi connectivity index (χ3n) is 3.78. The molecule has 4 nitrogen and oxygen atoms in total. The predicted octanol–water partition coefficient (Wildman–Crippen LogP) is 2.65. The summed E-state index contributed by atoms with van der Waals surface area (Å²) in [6.07, 6.45) is 4.55. The summed E-state index contributed by atoms with van der Waals surface area (Å²) in [7, 11) is 0. The molecule has 21 heavy (non-hydrogen) atoms. The molecule has 0 unspecified atom stereocenters. The molecule has 2 amide bonds. The van der Waals surface area contributed by atoms with Crippen molar-refractivity contribution in [2.75, 3.05) is 6.54 Å². The molecule has 0 radical (unpaired) electrons. The maximum atomic E-state index is 11.8. The van der Waals surface area contributed by atoms with Gasteiger partial charge in [-0.1, -0.05) is 36.6 Å². The Kier molecular flexibility index (Phi) is 6.05. The zero-order valence-corrected chi connectivity index (χ0v) is 12.8. The lowest BCUT2D eigenvalue weighted by molar-refractivity contribution is -0.125. The molecule has 0 heterocycles. The molecule has 1 aromatic rings. The van der Waals surface area contributed by atoms with E-state index in [-0.39, 0.29) is 17.7 Å². The fraction of sp³-hybridized carbons (Fsp3) is 0.500. The zero-order chi connectivity index (χ0) is 15.1. The second-order valence-electron chi connectivity index (χ2n) is 5.43. The summed E-state index contributed by atoms with van der Waals surface area (Å²) in [4.78, 5) is 23.5. The van der Waals surface area contributed by atoms with Crippen LogP contribution in [0.1, 0.15) is 37.7 Å². The number of amides is 2. The molecular formula is C16H21ClN2O2. The number of rotatable bonds is 6. The fourth-order valence-corrected chi connectivity index (χ4v) is 2.65. The van der Waals surface area contributed by atoms with Crippen LogP contribution in [0.2, 0.25) is 5.02 Å². The van der Waals surface area contributed by atoms with Crippen LogP contribution in [0.4, 0.5) is 0 Å². The van der Waals surface area contributed by atoms with Gasteiger partial charge in [0.2, 0.25) is 11.8 Å². The highest BCUT2D eigenvalue weighted by atomic mass is 35.5. The number of carbonyl (C=O) groups is 2. The van der Waals surface area contributed by atoms with Gasteiger partial charge < -0.3 is 10.6 Å². The molecule has 2 N–H and O–H groups in total. The molecule has 0 aliphatic heterocycles. The lowest BCUT2D eigenvalue weighted by Gasteiger charge is -2.10. The maximum Gasteiger partial charge on any atom is 0.223 e. The predicted molar refractivity (Wildman–Crippen MR) is 82.9 cm³/mol. The highest BCUT2D eigenvalue weighted by molar-refractivity contribution is 6.30. The molecule has 0 aromatic heterocycles. The third kappa shape index (κ3) is 5.38. The first-order valence-corrected chi connectivity index (χ1v) is 7.82. The van der Waals surface area contributed by atoms with E-state index in [0.29, 0.717) is 24.5 Å². The van der Waals surface area contributed by atoms with E-state index < -0.39 is 0 Å². The second kappa shape index (κ2) is 8.03. The van der Waals surface area contributed by atoms with E-state index in [4.69, 9.17) is 11.6 Å². The fourth-order valence-electron chi connectivity index (χ4n) is 2.52. The van der Waals surface area contributed by atoms with Gasteiger partial charge in [0.05, 0.1) is 0 Å². The van der Waals surface area contributed by atoms with Crippen LogP contribution in [0.5, 0.6) is 0 Å². The van der Waals surface area contributed by atoms with Crippen LogP contribution in [-0.2, 0) is 16.1 Å². The number of halogens is 1. The Hall–Kier alpha value is -1.55. The molecule has 1 aromatic carbocycles. The molecule has 0 atom stereocenters. The normalized spacial score (nSPS) is 14.9. The Morgan fingerprint density at radius 1 is 1.10 bits per heavy atom. The van der Waals surface area contributed by atoms with Crippen molar-refractivity contribution in [2.45, 2.75) is 38.6 Å². The van der Waals surface area contributed by atoms with E-state index in [1.807, 2.05) is 12.1 Å². The molecule has 1 aliphatic rings. The smallest absolute Gasteiger partial charge is 0.223 e. The lowest BCUT2D eigenvalue weighted by atomic mass is 10.1. The monoisotopic (exact) mass is 308 g/mol. The maximum absolute atomic E-state index is 11.8. The molecule has 1 saturated carbocycles. The van der Waals surface area contributed by atoms with Crippen LogP contribution in [0.15, 0.2) is 24.3 Å². The summed E-state index contributed by atoms with van der Waals surface area (Å²) in [5.74, 6) is 0.191. The van der Waals surface area contributed by atoms with Crippen molar-refractivity contribution in [3.63, 3.8) is 0 Å². The largest absolute Gasteiger partial charge is 0.355 e. The van der Waals surface area contributed by atoms with Gasteiger partial charge in [-0.05, 0) is 30.5 Å². The molecule has 1 aliphatic carbocycles. The van der Waals surface area contributed by atoms with Gasteiger partial charge in [-0.2, -0.15) is 0 Å². The van der Waals surface area contributed by atoms with Gasteiger partial charge in [0.1, 0.15) is 0 Å². The molecule has 2 rings (SSSR count). The van der Waals surface area contributed by atoms with E-state index >= 15 is 0 Å². The quantitative estimate of drug-likeness (QED) is 0.849. The van der Waals surface area contributed by atoms with Crippen LogP contribution >= 0.6 is 11.6 Å². The SMILES string of the molecule is O=C(CCNC(=O)C1CCCC1)NCc1ccc(Cl)cc1. The third-order valence-corrected chi connectivity index (χ3v) is 4.03. The number of nitrogens with one attached hydrogen (secondary N) is 2. The standard InChI is InChI=1S/C16H21ClN2O2/c17-14-7-5-12(6-8-14)11-19-15(20)9-10-18-16(21)13-3-1-2-4-13/h5-8,13H,1-4,9-11H2,(H,18,21)(H,19,20). The van der Waals surface area contributed by atoms with Gasteiger partial charge in [0.25, 0.3) is 0 Å². The molecule has 0 bridgehead atoms. The first-order valence-electron chi connectivity index (χ1n) is 7.44. The van der Waals surface area contributed by atoms with Crippen LogP contribution in [0, 0.1) is 5.92 Å². The first-order chi connectivity index (χ1) is 10.1. The number of benzene rings is 1. The van der Waals surface area contributed by atoms with Crippen molar-refractivity contribution in [2.24, 2.45) is 5.92 Å². The lowest BCUT2D eigenvalue weighted by Crippen LogP contribution is -2.33. The summed E-state index contributed by atoms with van der Waals surface area (Å²) in [5.41, 5.74) is 1.00. The Morgan fingerprint density at radius 2 is 1.76 bits per heavy atom. The highest BCUT2D eigenvalue weighted by Gasteiger charge is 2.22. The molecular weight excluding hydrogens is 288 g/mol. The second-order valence-corrected chi connectivity index (χ2v) is 5.86. The van der Waals surface area contributed by atoms with Crippen molar-refractivity contribution in [1.29, 1.82) is 0 Å². The van der Waals surface area contributed by atoms with E-state index in [1.54, 1.807) is 12.1 Å². The average Bonchev–Trinajstić information content (AvgIpc) is 3.01. The highest BCUT2D eigenvalue weighted by Crippen LogP contribution is 2.24. The summed E-state index contributed by atoms with van der Waals surface area (Å²) in [6, 6.07) is 7.35. The van der Waals surface area contributed by atoms with Gasteiger partial charge in [-0.15, -0.1) is 0 Å². The van der Waals surface area contributed by atoms with Gasteiger partial charge in [0, 0.05) is 30.5 Å². The molecule has 0 saturated heterocycles. The van der Waals surface area contributed by atoms with E-state index in [0.717, 1.165) is 31.2 Å². The van der Waals surface area contributed by atoms with Crippen molar-refractivity contribution in [3.8, 4) is 0 Å². The van der Waals surface area contributed by atoms with Gasteiger partial charge in [-0.3, -0.25) is 9.59 Å². The first kappa shape index (κ1) is 15.8. The Balaban J connectivity index is 1.61. The van der Waals surface area contributed by atoms with Gasteiger partial charge in [-0.25, -0.2) is 0 Å². The Morgan fingerprint density at radius 3 is 2.43 bits per heavy atom. The van der Waals surface area contributed by atoms with Gasteiger partial charge >= 0.3 is 0 Å². The van der Waals surface area contributed by atoms with Crippen molar-refractivity contribution >= 4 is 23.4 Å². The molecule has 0 spiro atoms. The summed E-state index contributed by atoms with van der Waals surface area (Å²) < 4.78 is 0. The van der Waals surface area contributed by atoms with Crippen LogP contribution in [0.25, 0.3) is 0 Å². The van der Waals surface area contributed by atoms with Crippen molar-refractivity contribution in [3.05, 3.63) is 34.9 Å². The number of hydrogen-bond donors (Lipinski definition) is 2. The minimum Gasteiger partial charge on any atom is -0.355 e. The van der Waals surface area contributed by atoms with E-state index in [2.05, 4.69) is 10.6 Å². The summed E-state index contributed by atoms with van der Waals surface area (Å²) >= 11 is 5.80. The summed E-state index contributed by atoms with van der Waals surface area (Å²) in [5, 5.41) is 6.35. The van der Waals surface area contributed by atoms with Crippen molar-refractivity contribution in [1.82, 2.24) is 10.6 Å².